The molecule has 0 radical (unpaired) electrons. The number of rotatable bonds is 8. The van der Waals surface area contributed by atoms with Gasteiger partial charge in [0.15, 0.2) is 0 Å². The number of carboxylic acids is 2. The van der Waals surface area contributed by atoms with Gasteiger partial charge in [-0.3, -0.25) is 14.6 Å². The highest BCUT2D eigenvalue weighted by Gasteiger charge is 2.13. The van der Waals surface area contributed by atoms with Crippen molar-refractivity contribution in [1.82, 2.24) is 15.0 Å². The second-order valence-corrected chi connectivity index (χ2v) is 7.54. The number of carboxylic acid groups (broad SMARTS) is 2. The van der Waals surface area contributed by atoms with Gasteiger partial charge in [-0.2, -0.15) is 10.2 Å². The van der Waals surface area contributed by atoms with E-state index in [4.69, 9.17) is 15.5 Å². The Labute approximate surface area is 215 Å². The van der Waals surface area contributed by atoms with E-state index in [-0.39, 0.29) is 30.3 Å². The molecule has 4 N–H and O–H groups in total. The first-order valence-corrected chi connectivity index (χ1v) is 11.0. The molecule has 0 atom stereocenters. The first-order valence-electron chi connectivity index (χ1n) is 11.0. The van der Waals surface area contributed by atoms with Crippen LogP contribution in [0.25, 0.3) is 11.1 Å². The fourth-order valence-electron chi connectivity index (χ4n) is 2.99. The number of anilines is 4. The summed E-state index contributed by atoms with van der Waals surface area (Å²) >= 11 is 0. The number of hydrogen-bond acceptors (Lipinski definition) is 8. The van der Waals surface area contributed by atoms with Crippen LogP contribution in [0.5, 0.6) is 0 Å². The fourth-order valence-corrected chi connectivity index (χ4v) is 2.99. The summed E-state index contributed by atoms with van der Waals surface area (Å²) in [5, 5.41) is 30.3. The summed E-state index contributed by atoms with van der Waals surface area (Å²) in [4.78, 5) is 31.5. The highest BCUT2D eigenvalue weighted by Crippen LogP contribution is 2.29. The summed E-state index contributed by atoms with van der Waals surface area (Å²) in [5.41, 5.74) is 1.95. The molecule has 0 spiro atoms. The van der Waals surface area contributed by atoms with E-state index < -0.39 is 23.6 Å². The van der Waals surface area contributed by atoms with Gasteiger partial charge in [0.25, 0.3) is 0 Å². The molecule has 0 saturated carbocycles. The lowest BCUT2D eigenvalue weighted by molar-refractivity contribution is -0.143. The Hall–Kier alpha value is -5.44. The molecule has 2 aromatic carbocycles. The van der Waals surface area contributed by atoms with Crippen molar-refractivity contribution in [2.75, 3.05) is 10.6 Å². The Kier molecular flexibility index (Phi) is 9.31. The lowest BCUT2D eigenvalue weighted by Gasteiger charge is -2.11. The Morgan fingerprint density at radius 3 is 2.00 bits per heavy atom. The highest BCUT2D eigenvalue weighted by molar-refractivity contribution is 5.75. The van der Waals surface area contributed by atoms with Crippen LogP contribution >= 0.6 is 0 Å². The van der Waals surface area contributed by atoms with Crippen LogP contribution in [0.2, 0.25) is 0 Å². The minimum absolute atomic E-state index is 0.218. The van der Waals surface area contributed by atoms with Gasteiger partial charge in [-0.05, 0) is 65.7 Å². The van der Waals surface area contributed by atoms with Crippen molar-refractivity contribution < 1.29 is 28.6 Å². The third kappa shape index (κ3) is 8.06. The molecule has 12 heteroatoms. The number of aliphatic carboxylic acids is 2. The largest absolute Gasteiger partial charge is 0.481 e. The van der Waals surface area contributed by atoms with E-state index in [2.05, 4.69) is 25.6 Å². The van der Waals surface area contributed by atoms with Crippen molar-refractivity contribution >= 4 is 35.1 Å². The van der Waals surface area contributed by atoms with E-state index in [1.807, 2.05) is 6.07 Å². The fraction of sp³-hybridized carbons (Fsp3) is 0.0769. The molecule has 0 aliphatic carbocycles. The van der Waals surface area contributed by atoms with Crippen LogP contribution in [0.1, 0.15) is 18.4 Å². The monoisotopic (exact) mass is 518 g/mol. The molecule has 4 rings (SSSR count). The first kappa shape index (κ1) is 27.2. The SMILES string of the molecule is N#Cc1ccc(Nc2nccc(Nc3c(F)cc(-c4ccncc4)cc3F)n2)cc1.O=C(O)CCC(=O)O. The molecule has 0 saturated heterocycles. The maximum atomic E-state index is 14.6. The standard InChI is InChI=1S/C22H14F2N6.C4H6O4/c23-18-11-16(15-5-8-26-9-6-15)12-19(24)21(18)29-20-7-10-27-22(30-20)28-17-3-1-14(13-25)2-4-17;5-3(6)1-2-4(7)8/h1-12H,(H2,27,28,29,30);1-2H2,(H,5,6)(H,7,8). The predicted octanol–water partition coefficient (Wildman–Crippen LogP) is 5.11. The number of pyridine rings is 1. The molecule has 0 fully saturated rings. The quantitative estimate of drug-likeness (QED) is 0.247. The lowest BCUT2D eigenvalue weighted by atomic mass is 10.1. The molecule has 4 aromatic rings. The number of hydrogen-bond donors (Lipinski definition) is 4. The Bertz CT molecular complexity index is 1420. The van der Waals surface area contributed by atoms with E-state index in [0.29, 0.717) is 22.4 Å². The zero-order chi connectivity index (χ0) is 27.5. The van der Waals surface area contributed by atoms with Crippen molar-refractivity contribution in [2.45, 2.75) is 12.8 Å². The van der Waals surface area contributed by atoms with Crippen LogP contribution < -0.4 is 10.6 Å². The van der Waals surface area contributed by atoms with Gasteiger partial charge in [-0.25, -0.2) is 13.8 Å². The Morgan fingerprint density at radius 1 is 0.842 bits per heavy atom. The zero-order valence-corrected chi connectivity index (χ0v) is 19.6. The summed E-state index contributed by atoms with van der Waals surface area (Å²) in [5.74, 6) is -3.20. The highest BCUT2D eigenvalue weighted by atomic mass is 19.1. The molecule has 192 valence electrons. The second kappa shape index (κ2) is 13.0. The van der Waals surface area contributed by atoms with Crippen molar-refractivity contribution in [2.24, 2.45) is 0 Å². The first-order chi connectivity index (χ1) is 18.2. The van der Waals surface area contributed by atoms with Crippen molar-refractivity contribution in [1.29, 1.82) is 5.26 Å². The van der Waals surface area contributed by atoms with Gasteiger partial charge in [-0.1, -0.05) is 0 Å². The third-order valence-electron chi connectivity index (χ3n) is 4.79. The number of carbonyl (C=O) groups is 2. The van der Waals surface area contributed by atoms with Gasteiger partial charge < -0.3 is 20.8 Å². The normalized spacial score (nSPS) is 9.92. The summed E-state index contributed by atoms with van der Waals surface area (Å²) in [6.45, 7) is 0. The summed E-state index contributed by atoms with van der Waals surface area (Å²) < 4.78 is 29.2. The minimum Gasteiger partial charge on any atom is -0.481 e. The van der Waals surface area contributed by atoms with Crippen LogP contribution in [0, 0.1) is 23.0 Å². The number of halogens is 2. The lowest BCUT2D eigenvalue weighted by Crippen LogP contribution is -2.03. The van der Waals surface area contributed by atoms with Gasteiger partial charge in [0.1, 0.15) is 23.1 Å². The smallest absolute Gasteiger partial charge is 0.303 e. The molecule has 2 aromatic heterocycles. The van der Waals surface area contributed by atoms with Gasteiger partial charge >= 0.3 is 11.9 Å². The second-order valence-electron chi connectivity index (χ2n) is 7.54. The van der Waals surface area contributed by atoms with Gasteiger partial charge in [0.2, 0.25) is 5.95 Å². The van der Waals surface area contributed by atoms with Gasteiger partial charge in [-0.15, -0.1) is 0 Å². The van der Waals surface area contributed by atoms with E-state index in [9.17, 15) is 18.4 Å². The van der Waals surface area contributed by atoms with Crippen LogP contribution in [-0.2, 0) is 9.59 Å². The van der Waals surface area contributed by atoms with Crippen molar-refractivity contribution in [3.63, 3.8) is 0 Å². The van der Waals surface area contributed by atoms with E-state index in [1.54, 1.807) is 48.8 Å². The Morgan fingerprint density at radius 2 is 1.45 bits per heavy atom. The molecule has 38 heavy (non-hydrogen) atoms. The number of nitrogens with one attached hydrogen (secondary N) is 2. The Balaban J connectivity index is 0.000000436. The van der Waals surface area contributed by atoms with E-state index >= 15 is 0 Å². The maximum absolute atomic E-state index is 14.6. The molecule has 0 aliphatic rings. The van der Waals surface area contributed by atoms with Crippen molar-refractivity contribution in [3.8, 4) is 17.2 Å². The summed E-state index contributed by atoms with van der Waals surface area (Å²) in [7, 11) is 0. The number of benzene rings is 2. The zero-order valence-electron chi connectivity index (χ0n) is 19.6. The molecule has 0 bridgehead atoms. The van der Waals surface area contributed by atoms with Crippen LogP contribution in [0.15, 0.2) is 73.2 Å². The van der Waals surface area contributed by atoms with Crippen LogP contribution in [0.3, 0.4) is 0 Å². The average molecular weight is 518 g/mol. The van der Waals surface area contributed by atoms with Gasteiger partial charge in [0, 0.05) is 24.3 Å². The summed E-state index contributed by atoms with van der Waals surface area (Å²) in [6.07, 6.45) is 3.98. The third-order valence-corrected chi connectivity index (χ3v) is 4.79. The van der Waals surface area contributed by atoms with Gasteiger partial charge in [0.05, 0.1) is 24.5 Å². The number of aromatic nitrogens is 3. The van der Waals surface area contributed by atoms with Crippen LogP contribution in [-0.4, -0.2) is 37.1 Å². The maximum Gasteiger partial charge on any atom is 0.303 e. The molecule has 0 unspecified atom stereocenters. The minimum atomic E-state index is -1.08. The molecular weight excluding hydrogens is 498 g/mol. The topological polar surface area (TPSA) is 161 Å². The summed E-state index contributed by atoms with van der Waals surface area (Å²) in [6, 6.07) is 16.1. The van der Waals surface area contributed by atoms with Crippen molar-refractivity contribution in [3.05, 3.63) is 90.4 Å². The predicted molar refractivity (Wildman–Crippen MR) is 134 cm³/mol. The number of nitrogens with zero attached hydrogens (tertiary/aromatic N) is 4. The van der Waals surface area contributed by atoms with Crippen LogP contribution in [0.4, 0.5) is 31.9 Å². The average Bonchev–Trinajstić information content (AvgIpc) is 2.91. The molecule has 2 heterocycles. The molecular formula is C26H20F2N6O4. The molecule has 10 nitrogen and oxygen atoms in total. The van der Waals surface area contributed by atoms with E-state index in [0.717, 1.165) is 0 Å². The molecule has 0 amide bonds. The van der Waals surface area contributed by atoms with E-state index in [1.165, 1.54) is 24.4 Å². The number of nitriles is 1. The molecule has 0 aliphatic heterocycles.